The molecule has 0 aliphatic rings. The van der Waals surface area contributed by atoms with Crippen molar-refractivity contribution >= 4 is 40.2 Å². The normalized spacial score (nSPS) is 10.9. The molecule has 0 saturated heterocycles. The lowest BCUT2D eigenvalue weighted by Crippen LogP contribution is -2.23. The molecule has 6 nitrogen and oxygen atoms in total. The summed E-state index contributed by atoms with van der Waals surface area (Å²) in [6.07, 6.45) is 2.74. The number of rotatable bonds is 8. The highest BCUT2D eigenvalue weighted by Crippen LogP contribution is 2.23. The van der Waals surface area contributed by atoms with Crippen LogP contribution >= 0.6 is 23.4 Å². The number of hydrogen-bond donors (Lipinski definition) is 1. The van der Waals surface area contributed by atoms with E-state index in [2.05, 4.69) is 10.3 Å². The summed E-state index contributed by atoms with van der Waals surface area (Å²) in [7, 11) is 0. The third kappa shape index (κ3) is 5.36. The Balaban J connectivity index is 1.46. The lowest BCUT2D eigenvalue weighted by atomic mass is 10.2. The molecule has 32 heavy (non-hydrogen) atoms. The van der Waals surface area contributed by atoms with Gasteiger partial charge in [0.15, 0.2) is 5.16 Å². The third-order valence-electron chi connectivity index (χ3n) is 4.78. The standard InChI is InChI=1S/C24H21ClN4O2S/c25-17-7-5-9-19(15-17)29-23(31)20-10-1-2-11-21(20)28-24(29)32-14-6-12-22(30)27-16-18-8-3-4-13-26-18/h1-5,7-11,13,15H,6,12,14,16H2,(H,27,30). The van der Waals surface area contributed by atoms with Crippen molar-refractivity contribution < 1.29 is 4.79 Å². The van der Waals surface area contributed by atoms with Crippen molar-refractivity contribution in [3.05, 3.63) is 94.0 Å². The minimum Gasteiger partial charge on any atom is -0.350 e. The van der Waals surface area contributed by atoms with Crippen LogP contribution in [0.15, 0.2) is 82.9 Å². The Hall–Kier alpha value is -3.16. The van der Waals surface area contributed by atoms with Gasteiger partial charge in [-0.25, -0.2) is 4.98 Å². The minimum atomic E-state index is -0.145. The van der Waals surface area contributed by atoms with Gasteiger partial charge in [-0.2, -0.15) is 0 Å². The maximum atomic E-state index is 13.2. The quantitative estimate of drug-likeness (QED) is 0.234. The second-order valence-corrected chi connectivity index (χ2v) is 8.58. The number of nitrogens with one attached hydrogen (secondary N) is 1. The first-order valence-electron chi connectivity index (χ1n) is 10.2. The summed E-state index contributed by atoms with van der Waals surface area (Å²) >= 11 is 7.61. The fraction of sp³-hybridized carbons (Fsp3) is 0.167. The molecule has 0 atom stereocenters. The van der Waals surface area contributed by atoms with Crippen LogP contribution in [0.1, 0.15) is 18.5 Å². The number of amides is 1. The number of para-hydroxylation sites is 1. The van der Waals surface area contributed by atoms with Crippen LogP contribution in [0.4, 0.5) is 0 Å². The SMILES string of the molecule is O=C(CCCSc1nc2ccccc2c(=O)n1-c1cccc(Cl)c1)NCc1ccccn1. The van der Waals surface area contributed by atoms with E-state index in [4.69, 9.17) is 16.6 Å². The maximum Gasteiger partial charge on any atom is 0.266 e. The molecule has 0 aliphatic heterocycles. The van der Waals surface area contributed by atoms with Gasteiger partial charge in [-0.05, 0) is 48.9 Å². The summed E-state index contributed by atoms with van der Waals surface area (Å²) in [6, 6.07) is 20.0. The van der Waals surface area contributed by atoms with Crippen LogP contribution < -0.4 is 10.9 Å². The van der Waals surface area contributed by atoms with Gasteiger partial charge in [-0.3, -0.25) is 19.1 Å². The van der Waals surface area contributed by atoms with Crippen molar-refractivity contribution in [1.82, 2.24) is 19.9 Å². The number of benzene rings is 2. The molecule has 0 bridgehead atoms. The Labute approximate surface area is 194 Å². The van der Waals surface area contributed by atoms with Crippen LogP contribution in [0.3, 0.4) is 0 Å². The van der Waals surface area contributed by atoms with Crippen molar-refractivity contribution in [2.75, 3.05) is 5.75 Å². The number of thioether (sulfide) groups is 1. The van der Waals surface area contributed by atoms with Gasteiger partial charge in [-0.1, -0.05) is 47.6 Å². The predicted octanol–water partition coefficient (Wildman–Crippen LogP) is 4.62. The molecule has 2 aromatic carbocycles. The van der Waals surface area contributed by atoms with Gasteiger partial charge in [0.2, 0.25) is 5.91 Å². The summed E-state index contributed by atoms with van der Waals surface area (Å²) in [4.78, 5) is 34.3. The summed E-state index contributed by atoms with van der Waals surface area (Å²) in [6.45, 7) is 0.410. The zero-order chi connectivity index (χ0) is 22.3. The second-order valence-electron chi connectivity index (χ2n) is 7.08. The molecule has 2 aromatic heterocycles. The zero-order valence-electron chi connectivity index (χ0n) is 17.2. The average Bonchev–Trinajstić information content (AvgIpc) is 2.81. The molecule has 0 radical (unpaired) electrons. The number of carbonyl (C=O) groups excluding carboxylic acids is 1. The van der Waals surface area contributed by atoms with Crippen molar-refractivity contribution in [1.29, 1.82) is 0 Å². The monoisotopic (exact) mass is 464 g/mol. The number of pyridine rings is 1. The van der Waals surface area contributed by atoms with Gasteiger partial charge >= 0.3 is 0 Å². The first-order chi connectivity index (χ1) is 15.6. The number of halogens is 1. The molecule has 2 heterocycles. The first-order valence-corrected chi connectivity index (χ1v) is 11.6. The Kier molecular flexibility index (Phi) is 7.19. The van der Waals surface area contributed by atoms with Gasteiger partial charge in [0.05, 0.1) is 28.8 Å². The van der Waals surface area contributed by atoms with E-state index in [0.717, 1.165) is 5.69 Å². The molecule has 4 rings (SSSR count). The molecule has 162 valence electrons. The number of hydrogen-bond acceptors (Lipinski definition) is 5. The van der Waals surface area contributed by atoms with Crippen molar-refractivity contribution in [3.63, 3.8) is 0 Å². The third-order valence-corrected chi connectivity index (χ3v) is 6.04. The summed E-state index contributed by atoms with van der Waals surface area (Å²) in [5, 5.41) is 4.54. The molecular weight excluding hydrogens is 444 g/mol. The summed E-state index contributed by atoms with van der Waals surface area (Å²) in [5.74, 6) is 0.609. The Morgan fingerprint density at radius 1 is 1.06 bits per heavy atom. The predicted molar refractivity (Wildman–Crippen MR) is 128 cm³/mol. The van der Waals surface area contributed by atoms with Crippen LogP contribution in [0, 0.1) is 0 Å². The fourth-order valence-electron chi connectivity index (χ4n) is 3.23. The molecule has 1 amide bonds. The lowest BCUT2D eigenvalue weighted by Gasteiger charge is -2.13. The number of aromatic nitrogens is 3. The van der Waals surface area contributed by atoms with Gasteiger partial charge in [0, 0.05) is 23.4 Å². The Morgan fingerprint density at radius 3 is 2.72 bits per heavy atom. The first kappa shape index (κ1) is 22.0. The van der Waals surface area contributed by atoms with E-state index < -0.39 is 0 Å². The zero-order valence-corrected chi connectivity index (χ0v) is 18.8. The van der Waals surface area contributed by atoms with E-state index in [9.17, 15) is 9.59 Å². The molecule has 0 fully saturated rings. The fourth-order valence-corrected chi connectivity index (χ4v) is 4.36. The van der Waals surface area contributed by atoms with Crippen LogP contribution in [0.25, 0.3) is 16.6 Å². The number of fused-ring (bicyclic) bond motifs is 1. The molecule has 4 aromatic rings. The van der Waals surface area contributed by atoms with E-state index in [1.807, 2.05) is 42.5 Å². The van der Waals surface area contributed by atoms with Gasteiger partial charge in [0.25, 0.3) is 5.56 Å². The van der Waals surface area contributed by atoms with Crippen molar-refractivity contribution in [3.8, 4) is 5.69 Å². The average molecular weight is 465 g/mol. The van der Waals surface area contributed by atoms with E-state index in [1.165, 1.54) is 11.8 Å². The van der Waals surface area contributed by atoms with E-state index in [1.54, 1.807) is 35.0 Å². The van der Waals surface area contributed by atoms with Crippen molar-refractivity contribution in [2.24, 2.45) is 0 Å². The van der Waals surface area contributed by atoms with Crippen molar-refractivity contribution in [2.45, 2.75) is 24.5 Å². The molecule has 0 aliphatic carbocycles. The minimum absolute atomic E-state index is 0.0324. The molecule has 1 N–H and O–H groups in total. The highest BCUT2D eigenvalue weighted by atomic mass is 35.5. The largest absolute Gasteiger partial charge is 0.350 e. The molecule has 0 spiro atoms. The second kappa shape index (κ2) is 10.4. The van der Waals surface area contributed by atoms with Gasteiger partial charge in [-0.15, -0.1) is 0 Å². The highest BCUT2D eigenvalue weighted by Gasteiger charge is 2.14. The van der Waals surface area contributed by atoms with Crippen LogP contribution in [-0.4, -0.2) is 26.2 Å². The number of nitrogens with zero attached hydrogens (tertiary/aromatic N) is 3. The Bertz CT molecular complexity index is 1290. The Morgan fingerprint density at radius 2 is 1.91 bits per heavy atom. The van der Waals surface area contributed by atoms with Crippen LogP contribution in [0.5, 0.6) is 0 Å². The molecule has 8 heteroatoms. The van der Waals surface area contributed by atoms with Gasteiger partial charge in [0.1, 0.15) is 0 Å². The maximum absolute atomic E-state index is 13.2. The molecular formula is C24H21ClN4O2S. The van der Waals surface area contributed by atoms with E-state index >= 15 is 0 Å². The topological polar surface area (TPSA) is 76.9 Å². The van der Waals surface area contributed by atoms with Crippen LogP contribution in [0.2, 0.25) is 5.02 Å². The molecule has 0 saturated carbocycles. The highest BCUT2D eigenvalue weighted by molar-refractivity contribution is 7.99. The molecule has 0 unspecified atom stereocenters. The van der Waals surface area contributed by atoms with Crippen LogP contribution in [-0.2, 0) is 11.3 Å². The smallest absolute Gasteiger partial charge is 0.266 e. The van der Waals surface area contributed by atoms with E-state index in [-0.39, 0.29) is 11.5 Å². The van der Waals surface area contributed by atoms with E-state index in [0.29, 0.717) is 51.9 Å². The summed E-state index contributed by atoms with van der Waals surface area (Å²) in [5.41, 5.74) is 1.98. The number of carbonyl (C=O) groups is 1. The summed E-state index contributed by atoms with van der Waals surface area (Å²) < 4.78 is 1.58. The van der Waals surface area contributed by atoms with Gasteiger partial charge < -0.3 is 5.32 Å². The lowest BCUT2D eigenvalue weighted by molar-refractivity contribution is -0.121.